The van der Waals surface area contributed by atoms with Gasteiger partial charge in [0.05, 0.1) is 15.5 Å². The number of carbonyl (C=O) groups excluding carboxylic acids is 2. The molecule has 136 valence electrons. The first-order valence-corrected chi connectivity index (χ1v) is 9.69. The molecular formula is C18H15N5O2S2. The number of nitrogens with one attached hydrogen (secondary N) is 2. The van der Waals surface area contributed by atoms with Crippen LogP contribution in [-0.2, 0) is 16.6 Å². The Labute approximate surface area is 163 Å². The van der Waals surface area contributed by atoms with Gasteiger partial charge in [0.15, 0.2) is 10.3 Å². The minimum Gasteiger partial charge on any atom is -0.351 e. The van der Waals surface area contributed by atoms with Gasteiger partial charge in [0.25, 0.3) is 5.91 Å². The quantitative estimate of drug-likeness (QED) is 0.662. The minimum absolute atomic E-state index is 0.179. The van der Waals surface area contributed by atoms with E-state index in [0.29, 0.717) is 15.2 Å². The predicted molar refractivity (Wildman–Crippen MR) is 110 cm³/mol. The fourth-order valence-corrected chi connectivity index (χ4v) is 4.34. The number of benzene rings is 1. The molecule has 0 saturated carbocycles. The molecule has 2 N–H and O–H groups in total. The fraction of sp³-hybridized carbons (Fsp3) is 0.111. The topological polar surface area (TPSA) is 88.4 Å². The van der Waals surface area contributed by atoms with Crippen molar-refractivity contribution in [3.63, 3.8) is 0 Å². The highest BCUT2D eigenvalue weighted by Gasteiger charge is 2.24. The molecule has 1 aliphatic heterocycles. The van der Waals surface area contributed by atoms with Crippen molar-refractivity contribution in [2.45, 2.75) is 6.92 Å². The van der Waals surface area contributed by atoms with E-state index < -0.39 is 0 Å². The van der Waals surface area contributed by atoms with Crippen LogP contribution in [0.4, 0.5) is 10.8 Å². The number of aryl methyl sites for hydroxylation is 1. The van der Waals surface area contributed by atoms with Crippen LogP contribution in [0.15, 0.2) is 46.6 Å². The lowest BCUT2D eigenvalue weighted by Gasteiger charge is -1.99. The van der Waals surface area contributed by atoms with Crippen molar-refractivity contribution in [2.75, 3.05) is 5.32 Å². The number of thioether (sulfide) groups is 1. The van der Waals surface area contributed by atoms with E-state index >= 15 is 0 Å². The van der Waals surface area contributed by atoms with Crippen LogP contribution in [0.1, 0.15) is 11.8 Å². The van der Waals surface area contributed by atoms with Crippen LogP contribution in [0.3, 0.4) is 0 Å². The summed E-state index contributed by atoms with van der Waals surface area (Å²) in [5, 5.41) is 7.54. The number of amidine groups is 1. The average Bonchev–Trinajstić information content (AvgIpc) is 3.29. The third kappa shape index (κ3) is 3.79. The molecule has 4 rings (SSSR count). The lowest BCUT2D eigenvalue weighted by molar-refractivity contribution is -0.115. The molecule has 1 saturated heterocycles. The number of aliphatic imine (C=N–C) groups is 1. The molecule has 0 spiro atoms. The molecule has 1 fully saturated rings. The summed E-state index contributed by atoms with van der Waals surface area (Å²) in [5.41, 5.74) is 1.91. The van der Waals surface area contributed by atoms with Gasteiger partial charge in [0.1, 0.15) is 0 Å². The summed E-state index contributed by atoms with van der Waals surface area (Å²) in [4.78, 5) is 33.2. The molecule has 3 heterocycles. The van der Waals surface area contributed by atoms with E-state index in [-0.39, 0.29) is 11.8 Å². The summed E-state index contributed by atoms with van der Waals surface area (Å²) in [6.07, 6.45) is 5.36. The van der Waals surface area contributed by atoms with E-state index in [1.807, 2.05) is 42.1 Å². The molecule has 27 heavy (non-hydrogen) atoms. The lowest BCUT2D eigenvalue weighted by atomic mass is 10.2. The summed E-state index contributed by atoms with van der Waals surface area (Å²) >= 11 is 2.58. The summed E-state index contributed by atoms with van der Waals surface area (Å²) < 4.78 is 2.05. The van der Waals surface area contributed by atoms with Crippen LogP contribution in [0.5, 0.6) is 0 Å². The van der Waals surface area contributed by atoms with Crippen molar-refractivity contribution in [1.29, 1.82) is 0 Å². The minimum atomic E-state index is -0.200. The van der Waals surface area contributed by atoms with Gasteiger partial charge < -0.3 is 15.2 Å². The molecule has 2 aromatic heterocycles. The molecule has 3 aromatic rings. The number of hydrogen-bond donors (Lipinski definition) is 2. The van der Waals surface area contributed by atoms with Gasteiger partial charge >= 0.3 is 0 Å². The predicted octanol–water partition coefficient (Wildman–Crippen LogP) is 3.48. The van der Waals surface area contributed by atoms with Crippen LogP contribution < -0.4 is 10.6 Å². The highest BCUT2D eigenvalue weighted by atomic mass is 32.2. The number of thiazole rings is 1. The van der Waals surface area contributed by atoms with E-state index in [0.717, 1.165) is 21.5 Å². The second-order valence-electron chi connectivity index (χ2n) is 5.90. The van der Waals surface area contributed by atoms with Crippen LogP contribution in [0.25, 0.3) is 17.0 Å². The van der Waals surface area contributed by atoms with Crippen LogP contribution in [0.2, 0.25) is 0 Å². The first kappa shape index (κ1) is 17.5. The van der Waals surface area contributed by atoms with Crippen molar-refractivity contribution in [3.8, 4) is 0 Å². The second-order valence-corrected chi connectivity index (χ2v) is 7.99. The first-order chi connectivity index (χ1) is 13.0. The van der Waals surface area contributed by atoms with E-state index in [2.05, 4.69) is 20.6 Å². The molecule has 0 bridgehead atoms. The van der Waals surface area contributed by atoms with E-state index in [1.165, 1.54) is 30.0 Å². The van der Waals surface area contributed by atoms with Crippen molar-refractivity contribution in [1.82, 2.24) is 14.9 Å². The standard InChI is InChI=1S/C18H15N5O2S2/c1-10(24)20-17-19-9-13(26-17)8-15-16(25)22-18(27-15)21-12-3-4-14-11(7-12)5-6-23(14)2/h3-9H,1-2H3,(H,19,20,24)(H,21,22,25). The SMILES string of the molecule is CC(=O)Nc1ncc(C=C2SC(=Nc3ccc4c(ccn4C)c3)NC2=O)s1. The molecule has 7 nitrogen and oxygen atoms in total. The smallest absolute Gasteiger partial charge is 0.264 e. The molecule has 0 radical (unpaired) electrons. The second kappa shape index (κ2) is 7.01. The summed E-state index contributed by atoms with van der Waals surface area (Å²) in [7, 11) is 1.99. The Morgan fingerprint density at radius 1 is 1.37 bits per heavy atom. The largest absolute Gasteiger partial charge is 0.351 e. The molecule has 1 aromatic carbocycles. The number of amides is 2. The molecule has 9 heteroatoms. The van der Waals surface area contributed by atoms with Crippen molar-refractivity contribution in [2.24, 2.45) is 12.0 Å². The van der Waals surface area contributed by atoms with E-state index in [4.69, 9.17) is 0 Å². The monoisotopic (exact) mass is 397 g/mol. The van der Waals surface area contributed by atoms with Gasteiger partial charge in [-0.05, 0) is 42.1 Å². The van der Waals surface area contributed by atoms with Crippen molar-refractivity contribution in [3.05, 3.63) is 46.4 Å². The van der Waals surface area contributed by atoms with Crippen molar-refractivity contribution >= 4 is 67.9 Å². The fourth-order valence-electron chi connectivity index (χ4n) is 2.63. The Hall–Kier alpha value is -2.91. The molecule has 1 aliphatic rings. The third-order valence-electron chi connectivity index (χ3n) is 3.83. The zero-order valence-corrected chi connectivity index (χ0v) is 16.1. The van der Waals surface area contributed by atoms with Crippen molar-refractivity contribution < 1.29 is 9.59 Å². The number of aromatic nitrogens is 2. The van der Waals surface area contributed by atoms with Crippen LogP contribution >= 0.6 is 23.1 Å². The number of rotatable bonds is 3. The maximum Gasteiger partial charge on any atom is 0.264 e. The summed E-state index contributed by atoms with van der Waals surface area (Å²) in [6.45, 7) is 1.43. The molecule has 0 atom stereocenters. The number of hydrogen-bond acceptors (Lipinski definition) is 6. The highest BCUT2D eigenvalue weighted by Crippen LogP contribution is 2.31. The van der Waals surface area contributed by atoms with Crippen LogP contribution in [0, 0.1) is 0 Å². The van der Waals surface area contributed by atoms with Gasteiger partial charge in [-0.2, -0.15) is 0 Å². The maximum atomic E-state index is 12.2. The van der Waals surface area contributed by atoms with Gasteiger partial charge in [-0.1, -0.05) is 11.3 Å². The Bertz CT molecular complexity index is 1130. The third-order valence-corrected chi connectivity index (χ3v) is 5.60. The normalized spacial score (nSPS) is 17.0. The highest BCUT2D eigenvalue weighted by molar-refractivity contribution is 8.18. The summed E-state index contributed by atoms with van der Waals surface area (Å²) in [5.74, 6) is -0.379. The molecule has 0 aliphatic carbocycles. The van der Waals surface area contributed by atoms with Gasteiger partial charge in [-0.15, -0.1) is 0 Å². The number of carbonyl (C=O) groups is 2. The zero-order chi connectivity index (χ0) is 19.0. The Morgan fingerprint density at radius 2 is 2.22 bits per heavy atom. The van der Waals surface area contributed by atoms with E-state index in [1.54, 1.807) is 12.3 Å². The lowest BCUT2D eigenvalue weighted by Crippen LogP contribution is -2.19. The van der Waals surface area contributed by atoms with E-state index in [9.17, 15) is 9.59 Å². The first-order valence-electron chi connectivity index (χ1n) is 8.06. The molecule has 0 unspecified atom stereocenters. The Balaban J connectivity index is 1.54. The van der Waals surface area contributed by atoms with Gasteiger partial charge in [0, 0.05) is 37.3 Å². The van der Waals surface area contributed by atoms with Gasteiger partial charge in [0.2, 0.25) is 5.91 Å². The average molecular weight is 397 g/mol. The summed E-state index contributed by atoms with van der Waals surface area (Å²) in [6, 6.07) is 7.95. The number of anilines is 1. The van der Waals surface area contributed by atoms with Gasteiger partial charge in [-0.25, -0.2) is 9.98 Å². The van der Waals surface area contributed by atoms with Gasteiger partial charge in [-0.3, -0.25) is 9.59 Å². The molecular weight excluding hydrogens is 382 g/mol. The Kier molecular flexibility index (Phi) is 4.54. The Morgan fingerprint density at radius 3 is 3.04 bits per heavy atom. The zero-order valence-electron chi connectivity index (χ0n) is 14.5. The number of fused-ring (bicyclic) bond motifs is 1. The van der Waals surface area contributed by atoms with Crippen LogP contribution in [-0.4, -0.2) is 26.5 Å². The molecule has 2 amide bonds. The number of nitrogens with zero attached hydrogens (tertiary/aromatic N) is 3. The maximum absolute atomic E-state index is 12.2.